The van der Waals surface area contributed by atoms with Crippen molar-refractivity contribution in [1.82, 2.24) is 14.5 Å². The SMILES string of the molecule is O=C(Cn1cnc2ccc(F)cc2c1=O)N1CCC2CCCCC2C1. The highest BCUT2D eigenvalue weighted by atomic mass is 19.1. The minimum absolute atomic E-state index is 0.0321. The molecule has 2 fully saturated rings. The van der Waals surface area contributed by atoms with Crippen LogP contribution >= 0.6 is 0 Å². The normalized spacial score (nSPS) is 23.5. The molecule has 4 rings (SSSR count). The Morgan fingerprint density at radius 1 is 1.20 bits per heavy atom. The smallest absolute Gasteiger partial charge is 0.261 e. The highest BCUT2D eigenvalue weighted by Gasteiger charge is 2.32. The van der Waals surface area contributed by atoms with Gasteiger partial charge in [-0.2, -0.15) is 0 Å². The third kappa shape index (κ3) is 3.17. The molecule has 0 radical (unpaired) electrons. The molecule has 2 aliphatic rings. The van der Waals surface area contributed by atoms with Crippen molar-refractivity contribution in [3.8, 4) is 0 Å². The number of benzene rings is 1. The number of piperidine rings is 1. The van der Waals surface area contributed by atoms with E-state index in [0.29, 0.717) is 11.4 Å². The van der Waals surface area contributed by atoms with Gasteiger partial charge in [0.05, 0.1) is 17.2 Å². The average molecular weight is 343 g/mol. The minimum Gasteiger partial charge on any atom is -0.341 e. The van der Waals surface area contributed by atoms with E-state index in [9.17, 15) is 14.0 Å². The fourth-order valence-electron chi connectivity index (χ4n) is 4.32. The third-order valence-electron chi connectivity index (χ3n) is 5.74. The van der Waals surface area contributed by atoms with Gasteiger partial charge in [-0.25, -0.2) is 9.37 Å². The molecule has 1 aromatic carbocycles. The number of amides is 1. The Labute approximate surface area is 145 Å². The topological polar surface area (TPSA) is 55.2 Å². The number of likely N-dealkylation sites (tertiary alicyclic amines) is 1. The number of aromatic nitrogens is 2. The predicted molar refractivity (Wildman–Crippen MR) is 92.6 cm³/mol. The van der Waals surface area contributed by atoms with Crippen LogP contribution in [0.2, 0.25) is 0 Å². The van der Waals surface area contributed by atoms with Crippen LogP contribution in [0.4, 0.5) is 4.39 Å². The molecule has 2 unspecified atom stereocenters. The van der Waals surface area contributed by atoms with Crippen LogP contribution in [0, 0.1) is 17.7 Å². The maximum atomic E-state index is 13.4. The van der Waals surface area contributed by atoms with Crippen molar-refractivity contribution in [2.75, 3.05) is 13.1 Å². The zero-order chi connectivity index (χ0) is 17.4. The molecule has 2 aromatic rings. The lowest BCUT2D eigenvalue weighted by Crippen LogP contribution is -2.46. The van der Waals surface area contributed by atoms with E-state index in [2.05, 4.69) is 4.98 Å². The van der Waals surface area contributed by atoms with Gasteiger partial charge in [-0.3, -0.25) is 14.2 Å². The summed E-state index contributed by atoms with van der Waals surface area (Å²) in [6.45, 7) is 1.54. The molecular weight excluding hydrogens is 321 g/mol. The van der Waals surface area contributed by atoms with E-state index in [0.717, 1.165) is 25.4 Å². The van der Waals surface area contributed by atoms with E-state index >= 15 is 0 Å². The molecule has 1 amide bonds. The lowest BCUT2D eigenvalue weighted by molar-refractivity contribution is -0.135. The van der Waals surface area contributed by atoms with Gasteiger partial charge in [-0.15, -0.1) is 0 Å². The van der Waals surface area contributed by atoms with Crippen molar-refractivity contribution in [1.29, 1.82) is 0 Å². The summed E-state index contributed by atoms with van der Waals surface area (Å²) in [5.74, 6) is 0.830. The van der Waals surface area contributed by atoms with Crippen molar-refractivity contribution >= 4 is 16.8 Å². The van der Waals surface area contributed by atoms with E-state index < -0.39 is 5.82 Å². The van der Waals surface area contributed by atoms with Gasteiger partial charge in [-0.1, -0.05) is 19.3 Å². The van der Waals surface area contributed by atoms with Gasteiger partial charge in [0.25, 0.3) is 5.56 Å². The second-order valence-corrected chi connectivity index (χ2v) is 7.27. The first-order chi connectivity index (χ1) is 12.1. The van der Waals surface area contributed by atoms with Crippen molar-refractivity contribution in [3.05, 3.63) is 40.7 Å². The number of fused-ring (bicyclic) bond motifs is 2. The lowest BCUT2D eigenvalue weighted by atomic mass is 9.75. The van der Waals surface area contributed by atoms with Gasteiger partial charge in [-0.05, 0) is 42.9 Å². The second-order valence-electron chi connectivity index (χ2n) is 7.27. The zero-order valence-corrected chi connectivity index (χ0v) is 14.2. The van der Waals surface area contributed by atoms with E-state index in [1.54, 1.807) is 0 Å². The van der Waals surface area contributed by atoms with E-state index in [-0.39, 0.29) is 23.4 Å². The number of carbonyl (C=O) groups excluding carboxylic acids is 1. The molecule has 132 valence electrons. The van der Waals surface area contributed by atoms with Gasteiger partial charge >= 0.3 is 0 Å². The Bertz CT molecular complexity index is 863. The van der Waals surface area contributed by atoms with Crippen LogP contribution in [-0.4, -0.2) is 33.4 Å². The van der Waals surface area contributed by atoms with Gasteiger partial charge in [0.1, 0.15) is 12.4 Å². The standard InChI is InChI=1S/C19H22FN3O2/c20-15-5-6-17-16(9-15)19(25)23(12-21-17)11-18(24)22-8-7-13-3-1-2-4-14(13)10-22/h5-6,9,12-14H,1-4,7-8,10-11H2. The third-order valence-corrected chi connectivity index (χ3v) is 5.74. The van der Waals surface area contributed by atoms with Gasteiger partial charge in [0.2, 0.25) is 5.91 Å². The van der Waals surface area contributed by atoms with E-state index in [1.165, 1.54) is 54.8 Å². The molecule has 25 heavy (non-hydrogen) atoms. The first-order valence-electron chi connectivity index (χ1n) is 9.04. The van der Waals surface area contributed by atoms with Crippen LogP contribution < -0.4 is 5.56 Å². The molecule has 2 heterocycles. The Balaban J connectivity index is 1.52. The maximum Gasteiger partial charge on any atom is 0.261 e. The number of hydrogen-bond donors (Lipinski definition) is 0. The number of rotatable bonds is 2. The van der Waals surface area contributed by atoms with Crippen LogP contribution in [-0.2, 0) is 11.3 Å². The van der Waals surface area contributed by atoms with Crippen molar-refractivity contribution in [2.45, 2.75) is 38.6 Å². The first kappa shape index (κ1) is 16.2. The molecule has 1 aromatic heterocycles. The van der Waals surface area contributed by atoms with Crippen LogP contribution in [0.3, 0.4) is 0 Å². The lowest BCUT2D eigenvalue weighted by Gasteiger charge is -2.41. The first-order valence-corrected chi connectivity index (χ1v) is 9.04. The molecule has 1 saturated heterocycles. The van der Waals surface area contributed by atoms with E-state index in [1.807, 2.05) is 4.90 Å². The average Bonchev–Trinajstić information content (AvgIpc) is 2.64. The van der Waals surface area contributed by atoms with Gasteiger partial charge in [0.15, 0.2) is 0 Å². The molecule has 0 spiro atoms. The summed E-state index contributed by atoms with van der Waals surface area (Å²) in [6, 6.07) is 3.93. The predicted octanol–water partition coefficient (Wildman–Crippen LogP) is 2.57. The second kappa shape index (κ2) is 6.58. The minimum atomic E-state index is -0.477. The largest absolute Gasteiger partial charge is 0.341 e. The summed E-state index contributed by atoms with van der Waals surface area (Å²) in [7, 11) is 0. The summed E-state index contributed by atoms with van der Waals surface area (Å²) >= 11 is 0. The molecule has 0 bridgehead atoms. The Hall–Kier alpha value is -2.24. The molecule has 1 saturated carbocycles. The van der Waals surface area contributed by atoms with Crippen molar-refractivity contribution in [2.24, 2.45) is 11.8 Å². The summed E-state index contributed by atoms with van der Waals surface area (Å²) in [5.41, 5.74) is 0.0727. The van der Waals surface area contributed by atoms with Crippen LogP contribution in [0.1, 0.15) is 32.1 Å². The van der Waals surface area contributed by atoms with Crippen molar-refractivity contribution < 1.29 is 9.18 Å². The van der Waals surface area contributed by atoms with Gasteiger partial charge in [0, 0.05) is 13.1 Å². The van der Waals surface area contributed by atoms with Crippen LogP contribution in [0.15, 0.2) is 29.3 Å². The zero-order valence-electron chi connectivity index (χ0n) is 14.2. The summed E-state index contributed by atoms with van der Waals surface area (Å²) in [5, 5.41) is 0.210. The Morgan fingerprint density at radius 2 is 2.00 bits per heavy atom. The number of carbonyl (C=O) groups is 1. The van der Waals surface area contributed by atoms with E-state index in [4.69, 9.17) is 0 Å². The summed E-state index contributed by atoms with van der Waals surface area (Å²) in [4.78, 5) is 31.2. The highest BCUT2D eigenvalue weighted by Crippen LogP contribution is 2.36. The number of nitrogens with zero attached hydrogens (tertiary/aromatic N) is 3. The summed E-state index contributed by atoms with van der Waals surface area (Å²) in [6.07, 6.45) is 7.49. The molecule has 0 N–H and O–H groups in total. The molecule has 1 aliphatic heterocycles. The Morgan fingerprint density at radius 3 is 2.84 bits per heavy atom. The molecule has 2 atom stereocenters. The maximum absolute atomic E-state index is 13.4. The monoisotopic (exact) mass is 343 g/mol. The fraction of sp³-hybridized carbons (Fsp3) is 0.526. The van der Waals surface area contributed by atoms with Crippen molar-refractivity contribution in [3.63, 3.8) is 0 Å². The number of hydrogen-bond acceptors (Lipinski definition) is 3. The molecule has 1 aliphatic carbocycles. The fourth-order valence-corrected chi connectivity index (χ4v) is 4.32. The van der Waals surface area contributed by atoms with Crippen LogP contribution in [0.5, 0.6) is 0 Å². The molecular formula is C19H22FN3O2. The number of halogens is 1. The van der Waals surface area contributed by atoms with Gasteiger partial charge < -0.3 is 4.90 Å². The summed E-state index contributed by atoms with van der Waals surface area (Å²) < 4.78 is 14.7. The molecule has 5 nitrogen and oxygen atoms in total. The molecule has 6 heteroatoms. The quantitative estimate of drug-likeness (QED) is 0.842. The highest BCUT2D eigenvalue weighted by molar-refractivity contribution is 5.79. The van der Waals surface area contributed by atoms with Crippen LogP contribution in [0.25, 0.3) is 10.9 Å². The Kier molecular flexibility index (Phi) is 4.27.